The average molecular weight is 616 g/mol. The van der Waals surface area contributed by atoms with Crippen LogP contribution in [0.25, 0.3) is 0 Å². The number of hydrogen-bond donors (Lipinski definition) is 2. The summed E-state index contributed by atoms with van der Waals surface area (Å²) in [5.74, 6) is -2.61. The van der Waals surface area contributed by atoms with Crippen molar-refractivity contribution in [2.75, 3.05) is 19.7 Å². The summed E-state index contributed by atoms with van der Waals surface area (Å²) in [6.07, 6.45) is 2.87. The van der Waals surface area contributed by atoms with Crippen LogP contribution in [0.1, 0.15) is 92.9 Å². The van der Waals surface area contributed by atoms with Gasteiger partial charge in [0.2, 0.25) is 0 Å². The largest absolute Gasteiger partial charge is 0.463 e. The molecule has 240 valence electrons. The van der Waals surface area contributed by atoms with Gasteiger partial charge in [-0.2, -0.15) is 0 Å². The van der Waals surface area contributed by atoms with E-state index in [0.29, 0.717) is 6.04 Å². The van der Waals surface area contributed by atoms with Crippen LogP contribution in [0.2, 0.25) is 0 Å². The Hall–Kier alpha value is -2.51. The van der Waals surface area contributed by atoms with E-state index in [2.05, 4.69) is 29.4 Å². The molecule has 0 spiro atoms. The van der Waals surface area contributed by atoms with E-state index in [4.69, 9.17) is 35.9 Å². The summed E-state index contributed by atoms with van der Waals surface area (Å²) in [7, 11) is 0. The molecule has 2 N–H and O–H groups in total. The van der Waals surface area contributed by atoms with E-state index >= 15 is 0 Å². The van der Waals surface area contributed by atoms with Crippen LogP contribution in [-0.4, -0.2) is 96.3 Å². The van der Waals surface area contributed by atoms with E-state index in [1.807, 2.05) is 0 Å². The molecule has 1 saturated heterocycles. The van der Waals surface area contributed by atoms with Crippen molar-refractivity contribution in [2.24, 2.45) is 0 Å². The minimum atomic E-state index is -1.26. The number of hydrogen-bond acceptors (Lipinski definition) is 11. The summed E-state index contributed by atoms with van der Waals surface area (Å²) in [4.78, 5) is 50.4. The molecule has 1 aliphatic heterocycles. The molecule has 1 unspecified atom stereocenters. The molecule has 2 aliphatic rings. The van der Waals surface area contributed by atoms with Crippen LogP contribution in [-0.2, 0) is 42.9 Å². The number of rotatable bonds is 14. The second-order valence-corrected chi connectivity index (χ2v) is 11.3. The Kier molecular flexibility index (Phi) is 15.5. The summed E-state index contributed by atoms with van der Waals surface area (Å²) >= 11 is 5.73. The summed E-state index contributed by atoms with van der Waals surface area (Å²) in [6.45, 7) is 11.0. The Morgan fingerprint density at radius 1 is 0.786 bits per heavy atom. The van der Waals surface area contributed by atoms with E-state index in [9.17, 15) is 19.2 Å². The lowest BCUT2D eigenvalue weighted by Crippen LogP contribution is -2.67. The Labute approximate surface area is 254 Å². The van der Waals surface area contributed by atoms with Crippen LogP contribution in [0.4, 0.5) is 0 Å². The number of carbonyl (C=O) groups is 4. The molecule has 1 heterocycles. The lowest BCUT2D eigenvalue weighted by atomic mass is 9.88. The highest BCUT2D eigenvalue weighted by Gasteiger charge is 2.52. The van der Waals surface area contributed by atoms with Crippen LogP contribution in [0.3, 0.4) is 0 Å². The van der Waals surface area contributed by atoms with Crippen LogP contribution < -0.4 is 10.6 Å². The second kappa shape index (κ2) is 18.2. The van der Waals surface area contributed by atoms with Gasteiger partial charge < -0.3 is 34.3 Å². The first-order chi connectivity index (χ1) is 20.0. The van der Waals surface area contributed by atoms with Crippen LogP contribution in [0.5, 0.6) is 0 Å². The molecule has 42 heavy (non-hydrogen) atoms. The smallest absolute Gasteiger partial charge is 0.303 e. The fraction of sp³-hybridized carbons (Fsp3) is 0.828. The first-order valence-electron chi connectivity index (χ1n) is 15.1. The van der Waals surface area contributed by atoms with Gasteiger partial charge in [-0.1, -0.05) is 39.5 Å². The molecule has 1 aliphatic carbocycles. The SMILES string of the molecule is CCCCN(CCCC)[C@H]1CCCC[C@@H]1NC(=S)NC1O[C@H](COC(C)=O)[C@@H](OC(C)=O)[C@H](OC(C)=O)[C@H]1OC(C)=O. The molecule has 0 bridgehead atoms. The van der Waals surface area contributed by atoms with Crippen LogP contribution in [0.15, 0.2) is 0 Å². The molecule has 0 aromatic carbocycles. The highest BCUT2D eigenvalue weighted by atomic mass is 32.1. The van der Waals surface area contributed by atoms with Gasteiger partial charge in [0.05, 0.1) is 0 Å². The Balaban J connectivity index is 2.31. The molecular formula is C29H49N3O9S. The molecule has 13 heteroatoms. The highest BCUT2D eigenvalue weighted by molar-refractivity contribution is 7.80. The number of carbonyl (C=O) groups excluding carboxylic acids is 4. The van der Waals surface area contributed by atoms with Gasteiger partial charge in [-0.3, -0.25) is 24.1 Å². The van der Waals surface area contributed by atoms with E-state index in [0.717, 1.165) is 64.5 Å². The minimum absolute atomic E-state index is 0.0955. The van der Waals surface area contributed by atoms with Gasteiger partial charge in [-0.05, 0) is 51.0 Å². The van der Waals surface area contributed by atoms with E-state index < -0.39 is 54.5 Å². The van der Waals surface area contributed by atoms with Crippen molar-refractivity contribution in [3.05, 3.63) is 0 Å². The van der Waals surface area contributed by atoms with E-state index in [1.165, 1.54) is 27.7 Å². The van der Waals surface area contributed by atoms with E-state index in [1.54, 1.807) is 0 Å². The quantitative estimate of drug-likeness (QED) is 0.168. The minimum Gasteiger partial charge on any atom is -0.463 e. The molecule has 0 aromatic rings. The predicted octanol–water partition coefficient (Wildman–Crippen LogP) is 2.75. The highest BCUT2D eigenvalue weighted by Crippen LogP contribution is 2.29. The zero-order valence-electron chi connectivity index (χ0n) is 25.8. The maximum absolute atomic E-state index is 12.1. The zero-order chi connectivity index (χ0) is 31.2. The summed E-state index contributed by atoms with van der Waals surface area (Å²) in [5, 5.41) is 6.84. The topological polar surface area (TPSA) is 142 Å². The van der Waals surface area contributed by atoms with Gasteiger partial charge in [-0.15, -0.1) is 0 Å². The van der Waals surface area contributed by atoms with Crippen LogP contribution >= 0.6 is 12.2 Å². The lowest BCUT2D eigenvalue weighted by molar-refractivity contribution is -0.255. The van der Waals surface area contributed by atoms with Crippen molar-refractivity contribution in [1.82, 2.24) is 15.5 Å². The normalized spacial score (nSPS) is 27.5. The fourth-order valence-electron chi connectivity index (χ4n) is 5.57. The van der Waals surface area contributed by atoms with Gasteiger partial charge in [0, 0.05) is 39.8 Å². The van der Waals surface area contributed by atoms with Gasteiger partial charge >= 0.3 is 23.9 Å². The third-order valence-corrected chi connectivity index (χ3v) is 7.61. The number of nitrogens with zero attached hydrogens (tertiary/aromatic N) is 1. The fourth-order valence-corrected chi connectivity index (χ4v) is 5.83. The third-order valence-electron chi connectivity index (χ3n) is 7.38. The van der Waals surface area contributed by atoms with Gasteiger partial charge in [-0.25, -0.2) is 0 Å². The molecule has 0 aromatic heterocycles. The molecule has 0 amide bonds. The number of nitrogens with one attached hydrogen (secondary N) is 2. The molecular weight excluding hydrogens is 566 g/mol. The van der Waals surface area contributed by atoms with E-state index in [-0.39, 0.29) is 17.8 Å². The first kappa shape index (κ1) is 35.7. The maximum Gasteiger partial charge on any atom is 0.303 e. The summed E-state index contributed by atoms with van der Waals surface area (Å²) < 4.78 is 27.8. The Morgan fingerprint density at radius 2 is 1.33 bits per heavy atom. The number of esters is 4. The van der Waals surface area contributed by atoms with Gasteiger partial charge in [0.15, 0.2) is 29.7 Å². The van der Waals surface area contributed by atoms with Crippen molar-refractivity contribution < 1.29 is 42.9 Å². The second-order valence-electron chi connectivity index (χ2n) is 10.9. The molecule has 12 nitrogen and oxygen atoms in total. The molecule has 0 radical (unpaired) electrons. The van der Waals surface area contributed by atoms with Crippen LogP contribution in [0, 0.1) is 0 Å². The van der Waals surface area contributed by atoms with Crippen molar-refractivity contribution in [3.8, 4) is 0 Å². The molecule has 7 atom stereocenters. The van der Waals surface area contributed by atoms with Crippen molar-refractivity contribution >= 4 is 41.2 Å². The third kappa shape index (κ3) is 11.6. The number of thiocarbonyl (C=S) groups is 1. The average Bonchev–Trinajstić information content (AvgIpc) is 2.90. The van der Waals surface area contributed by atoms with Crippen molar-refractivity contribution in [2.45, 2.75) is 136 Å². The lowest BCUT2D eigenvalue weighted by Gasteiger charge is -2.45. The standard InChI is InChI=1S/C29H49N3O9S/c1-7-9-15-32(16-10-8-2)23-14-12-11-13-22(23)30-29(42)31-28-27(40-21(6)36)26(39-20(5)35)25(38-19(4)34)24(41-28)17-37-18(3)33/h22-28H,7-17H2,1-6H3,(H2,30,31,42)/t22-,23-,24+,25+,26-,27+,28?/m0/s1. The van der Waals surface area contributed by atoms with Crippen molar-refractivity contribution in [1.29, 1.82) is 0 Å². The number of ether oxygens (including phenoxy) is 5. The zero-order valence-corrected chi connectivity index (χ0v) is 26.7. The number of unbranched alkanes of at least 4 members (excludes halogenated alkanes) is 2. The molecule has 2 rings (SSSR count). The summed E-state index contributed by atoms with van der Waals surface area (Å²) in [6, 6.07) is 0.408. The predicted molar refractivity (Wildman–Crippen MR) is 158 cm³/mol. The van der Waals surface area contributed by atoms with Gasteiger partial charge in [0.1, 0.15) is 12.7 Å². The maximum atomic E-state index is 12.1. The summed E-state index contributed by atoms with van der Waals surface area (Å²) in [5.41, 5.74) is 0. The molecule has 2 fully saturated rings. The Bertz CT molecular complexity index is 913. The first-order valence-corrected chi connectivity index (χ1v) is 15.5. The monoisotopic (exact) mass is 615 g/mol. The Morgan fingerprint density at radius 3 is 1.88 bits per heavy atom. The molecule has 1 saturated carbocycles. The van der Waals surface area contributed by atoms with Gasteiger partial charge in [0.25, 0.3) is 0 Å². The van der Waals surface area contributed by atoms with Crippen molar-refractivity contribution in [3.63, 3.8) is 0 Å².